The smallest absolute Gasteiger partial charge is 0.183 e. The van der Waals surface area contributed by atoms with Crippen molar-refractivity contribution in [2.75, 3.05) is 5.32 Å². The molecule has 0 saturated heterocycles. The molecule has 0 atom stereocenters. The first-order chi connectivity index (χ1) is 11.3. The van der Waals surface area contributed by atoms with Crippen molar-refractivity contribution in [3.63, 3.8) is 0 Å². The zero-order chi connectivity index (χ0) is 15.6. The van der Waals surface area contributed by atoms with E-state index >= 15 is 0 Å². The van der Waals surface area contributed by atoms with Crippen LogP contribution in [0, 0.1) is 12.8 Å². The number of benzene rings is 1. The van der Waals surface area contributed by atoms with E-state index in [9.17, 15) is 0 Å². The predicted octanol–water partition coefficient (Wildman–Crippen LogP) is 4.34. The average molecular weight is 324 g/mol. The first-order valence-electron chi connectivity index (χ1n) is 8.07. The van der Waals surface area contributed by atoms with E-state index < -0.39 is 0 Å². The minimum absolute atomic E-state index is 0.795. The molecule has 3 aromatic rings. The fraction of sp³-hybridized carbons (Fsp3) is 0.333. The molecule has 0 spiro atoms. The highest BCUT2D eigenvalue weighted by molar-refractivity contribution is 7.19. The lowest BCUT2D eigenvalue weighted by molar-refractivity contribution is 0.565. The first kappa shape index (κ1) is 14.5. The van der Waals surface area contributed by atoms with Crippen molar-refractivity contribution in [1.29, 1.82) is 0 Å². The third kappa shape index (κ3) is 3.45. The Balaban J connectivity index is 1.46. The van der Waals surface area contributed by atoms with Crippen molar-refractivity contribution in [2.45, 2.75) is 32.9 Å². The first-order valence-corrected chi connectivity index (χ1v) is 8.88. The maximum Gasteiger partial charge on any atom is 0.183 e. The molecule has 2 aromatic heterocycles. The summed E-state index contributed by atoms with van der Waals surface area (Å²) in [5.74, 6) is 0.841. The highest BCUT2D eigenvalue weighted by Crippen LogP contribution is 2.33. The van der Waals surface area contributed by atoms with Crippen LogP contribution < -0.4 is 5.32 Å². The minimum atomic E-state index is 0.795. The van der Waals surface area contributed by atoms with Gasteiger partial charge in [0.05, 0.1) is 10.6 Å². The molecule has 1 aliphatic rings. The Kier molecular flexibility index (Phi) is 3.87. The molecule has 1 aliphatic carbocycles. The lowest BCUT2D eigenvalue weighted by Crippen LogP contribution is -1.99. The number of aromatic nitrogens is 3. The van der Waals surface area contributed by atoms with Crippen LogP contribution in [0.2, 0.25) is 0 Å². The van der Waals surface area contributed by atoms with Crippen molar-refractivity contribution in [3.05, 3.63) is 53.9 Å². The van der Waals surface area contributed by atoms with E-state index in [0.717, 1.165) is 40.4 Å². The SMILES string of the molecule is Cc1nc(NCc2ccccc2)sc1-c1ccn(CC2CC2)n1. The van der Waals surface area contributed by atoms with Gasteiger partial charge in [0, 0.05) is 19.3 Å². The van der Waals surface area contributed by atoms with E-state index in [2.05, 4.69) is 58.4 Å². The molecule has 0 amide bonds. The average Bonchev–Trinajstić information content (AvgIpc) is 3.12. The zero-order valence-electron chi connectivity index (χ0n) is 13.2. The standard InChI is InChI=1S/C18H20N4S/c1-13-17(16-9-10-22(21-16)12-15-7-8-15)23-18(20-13)19-11-14-5-3-2-4-6-14/h2-6,9-10,15H,7-8,11-12H2,1H3,(H,19,20). The zero-order valence-corrected chi connectivity index (χ0v) is 14.0. The normalized spacial score (nSPS) is 14.1. The molecule has 4 rings (SSSR count). The summed E-state index contributed by atoms with van der Waals surface area (Å²) in [6.45, 7) is 3.90. The fourth-order valence-corrected chi connectivity index (χ4v) is 3.56. The van der Waals surface area contributed by atoms with Gasteiger partial charge in [-0.3, -0.25) is 4.68 Å². The molecule has 1 fully saturated rings. The number of nitrogens with one attached hydrogen (secondary N) is 1. The van der Waals surface area contributed by atoms with Crippen LogP contribution in [-0.2, 0) is 13.1 Å². The summed E-state index contributed by atoms with van der Waals surface area (Å²) in [7, 11) is 0. The lowest BCUT2D eigenvalue weighted by Gasteiger charge is -2.01. The monoisotopic (exact) mass is 324 g/mol. The molecular weight excluding hydrogens is 304 g/mol. The van der Waals surface area contributed by atoms with Crippen LogP contribution >= 0.6 is 11.3 Å². The molecule has 0 aliphatic heterocycles. The Morgan fingerprint density at radius 3 is 2.83 bits per heavy atom. The van der Waals surface area contributed by atoms with Crippen molar-refractivity contribution >= 4 is 16.5 Å². The Hall–Kier alpha value is -2.14. The largest absolute Gasteiger partial charge is 0.357 e. The van der Waals surface area contributed by atoms with Gasteiger partial charge in [0.15, 0.2) is 5.13 Å². The van der Waals surface area contributed by atoms with Crippen molar-refractivity contribution in [3.8, 4) is 10.6 Å². The summed E-state index contributed by atoms with van der Waals surface area (Å²) in [4.78, 5) is 5.80. The number of nitrogens with zero attached hydrogens (tertiary/aromatic N) is 3. The van der Waals surface area contributed by atoms with E-state index in [1.165, 1.54) is 18.4 Å². The van der Waals surface area contributed by atoms with Crippen molar-refractivity contribution in [1.82, 2.24) is 14.8 Å². The summed E-state index contributed by atoms with van der Waals surface area (Å²) in [5, 5.41) is 9.08. The number of aryl methyl sites for hydroxylation is 1. The molecule has 0 radical (unpaired) electrons. The second kappa shape index (κ2) is 6.16. The van der Waals surface area contributed by atoms with E-state index in [1.807, 2.05) is 6.07 Å². The van der Waals surface area contributed by atoms with Gasteiger partial charge in [0.1, 0.15) is 5.69 Å². The van der Waals surface area contributed by atoms with Gasteiger partial charge in [-0.2, -0.15) is 5.10 Å². The third-order valence-electron chi connectivity index (χ3n) is 4.10. The molecule has 0 bridgehead atoms. The molecule has 23 heavy (non-hydrogen) atoms. The van der Waals surface area contributed by atoms with Crippen LogP contribution in [0.5, 0.6) is 0 Å². The third-order valence-corrected chi connectivity index (χ3v) is 5.24. The highest BCUT2D eigenvalue weighted by atomic mass is 32.1. The van der Waals surface area contributed by atoms with Crippen LogP contribution in [0.1, 0.15) is 24.1 Å². The van der Waals surface area contributed by atoms with E-state index in [0.29, 0.717) is 0 Å². The summed E-state index contributed by atoms with van der Waals surface area (Å²) in [5.41, 5.74) is 3.34. The van der Waals surface area contributed by atoms with Gasteiger partial charge in [-0.05, 0) is 37.3 Å². The maximum atomic E-state index is 4.71. The van der Waals surface area contributed by atoms with Crippen LogP contribution in [0.4, 0.5) is 5.13 Å². The molecule has 5 heteroatoms. The van der Waals surface area contributed by atoms with Gasteiger partial charge in [0.25, 0.3) is 0 Å². The second-order valence-corrected chi connectivity index (χ2v) is 7.14. The Labute approximate surface area is 140 Å². The molecule has 1 aromatic carbocycles. The quantitative estimate of drug-likeness (QED) is 0.733. The molecule has 1 saturated carbocycles. The maximum absolute atomic E-state index is 4.71. The summed E-state index contributed by atoms with van der Waals surface area (Å²) in [6, 6.07) is 12.5. The number of hydrogen-bond donors (Lipinski definition) is 1. The van der Waals surface area contributed by atoms with Gasteiger partial charge >= 0.3 is 0 Å². The molecule has 0 unspecified atom stereocenters. The molecule has 4 nitrogen and oxygen atoms in total. The molecule has 118 valence electrons. The fourth-order valence-electron chi connectivity index (χ4n) is 2.63. The number of anilines is 1. The van der Waals surface area contributed by atoms with Gasteiger partial charge in [-0.15, -0.1) is 0 Å². The summed E-state index contributed by atoms with van der Waals surface area (Å²) < 4.78 is 2.07. The summed E-state index contributed by atoms with van der Waals surface area (Å²) in [6.07, 6.45) is 4.79. The van der Waals surface area contributed by atoms with E-state index in [-0.39, 0.29) is 0 Å². The lowest BCUT2D eigenvalue weighted by atomic mass is 10.2. The molecule has 2 heterocycles. The Morgan fingerprint density at radius 1 is 1.22 bits per heavy atom. The molecular formula is C18H20N4S. The number of hydrogen-bond acceptors (Lipinski definition) is 4. The van der Waals surface area contributed by atoms with Crippen LogP contribution in [0.3, 0.4) is 0 Å². The topological polar surface area (TPSA) is 42.7 Å². The Morgan fingerprint density at radius 2 is 2.04 bits per heavy atom. The second-order valence-electron chi connectivity index (χ2n) is 6.14. The van der Waals surface area contributed by atoms with Gasteiger partial charge in [-0.1, -0.05) is 41.7 Å². The summed E-state index contributed by atoms with van der Waals surface area (Å²) >= 11 is 1.68. The Bertz CT molecular complexity index is 786. The van der Waals surface area contributed by atoms with Gasteiger partial charge < -0.3 is 5.32 Å². The van der Waals surface area contributed by atoms with Gasteiger partial charge in [-0.25, -0.2) is 4.98 Å². The van der Waals surface area contributed by atoms with Crippen LogP contribution in [-0.4, -0.2) is 14.8 Å². The highest BCUT2D eigenvalue weighted by Gasteiger charge is 2.22. The van der Waals surface area contributed by atoms with Crippen LogP contribution in [0.25, 0.3) is 10.6 Å². The van der Waals surface area contributed by atoms with Crippen LogP contribution in [0.15, 0.2) is 42.6 Å². The minimum Gasteiger partial charge on any atom is -0.357 e. The number of thiazole rings is 1. The van der Waals surface area contributed by atoms with Gasteiger partial charge in [0.2, 0.25) is 0 Å². The van der Waals surface area contributed by atoms with Crippen molar-refractivity contribution in [2.24, 2.45) is 5.92 Å². The van der Waals surface area contributed by atoms with Crippen molar-refractivity contribution < 1.29 is 0 Å². The van der Waals surface area contributed by atoms with E-state index in [4.69, 9.17) is 5.10 Å². The van der Waals surface area contributed by atoms with E-state index in [1.54, 1.807) is 11.3 Å². The predicted molar refractivity (Wildman–Crippen MR) is 94.6 cm³/mol. The molecule has 1 N–H and O–H groups in total. The number of rotatable bonds is 6.